The molecule has 58 valence electrons. The number of nitrogens with zero attached hydrogens (tertiary/aromatic N) is 1. The minimum absolute atomic E-state index is 0.420. The molecule has 0 unspecified atom stereocenters. The van der Waals surface area contributed by atoms with Gasteiger partial charge in [0.1, 0.15) is 5.75 Å². The minimum atomic E-state index is 0.420. The summed E-state index contributed by atoms with van der Waals surface area (Å²) >= 11 is 5.62. The van der Waals surface area contributed by atoms with Gasteiger partial charge in [0.15, 0.2) is 0 Å². The summed E-state index contributed by atoms with van der Waals surface area (Å²) in [6.45, 7) is 3.55. The molecular weight excluding hydrogens is 162 g/mol. The Labute approximate surface area is 70.5 Å². The molecule has 1 aromatic rings. The van der Waals surface area contributed by atoms with Gasteiger partial charge in [-0.3, -0.25) is 4.98 Å². The van der Waals surface area contributed by atoms with E-state index in [0.717, 1.165) is 5.75 Å². The Kier molecular flexibility index (Phi) is 2.49. The van der Waals surface area contributed by atoms with Crippen molar-refractivity contribution in [2.75, 3.05) is 7.11 Å². The maximum absolute atomic E-state index is 5.62. The van der Waals surface area contributed by atoms with Crippen LogP contribution in [-0.4, -0.2) is 12.1 Å². The molecule has 0 atom stereocenters. The number of methoxy groups -OCH3 is 1. The molecule has 0 aromatic carbocycles. The number of ether oxygens (including phenoxy) is 1. The number of aromatic nitrogens is 1. The summed E-state index contributed by atoms with van der Waals surface area (Å²) in [6, 6.07) is 3.48. The molecule has 1 heterocycles. The van der Waals surface area contributed by atoms with Crippen molar-refractivity contribution in [3.63, 3.8) is 0 Å². The standard InChI is InChI=1S/C8H8ClNO/c1-6(9)8-5-7(11-2)3-4-10-8/h3-5H,1H2,2H3. The van der Waals surface area contributed by atoms with Crippen molar-refractivity contribution in [2.45, 2.75) is 0 Å². The molecule has 0 aliphatic heterocycles. The predicted octanol–water partition coefficient (Wildman–Crippen LogP) is 2.30. The lowest BCUT2D eigenvalue weighted by molar-refractivity contribution is 0.414. The summed E-state index contributed by atoms with van der Waals surface area (Å²) in [6.07, 6.45) is 1.63. The predicted molar refractivity (Wildman–Crippen MR) is 45.7 cm³/mol. The Bertz CT molecular complexity index is 273. The van der Waals surface area contributed by atoms with Crippen molar-refractivity contribution < 1.29 is 4.74 Å². The summed E-state index contributed by atoms with van der Waals surface area (Å²) in [5.74, 6) is 0.733. The Hall–Kier alpha value is -1.02. The summed E-state index contributed by atoms with van der Waals surface area (Å²) in [5.41, 5.74) is 0.644. The van der Waals surface area contributed by atoms with E-state index in [1.807, 2.05) is 0 Å². The third kappa shape index (κ3) is 1.95. The topological polar surface area (TPSA) is 22.1 Å². The number of hydrogen-bond donors (Lipinski definition) is 0. The summed E-state index contributed by atoms with van der Waals surface area (Å²) in [5, 5.41) is 0.420. The second-order valence-electron chi connectivity index (χ2n) is 1.99. The zero-order valence-electron chi connectivity index (χ0n) is 6.17. The van der Waals surface area contributed by atoms with Crippen LogP contribution in [0, 0.1) is 0 Å². The van der Waals surface area contributed by atoms with Gasteiger partial charge in [-0.2, -0.15) is 0 Å². The molecule has 1 rings (SSSR count). The molecule has 0 radical (unpaired) electrons. The van der Waals surface area contributed by atoms with Gasteiger partial charge >= 0.3 is 0 Å². The fraction of sp³-hybridized carbons (Fsp3) is 0.125. The normalized spacial score (nSPS) is 9.27. The lowest BCUT2D eigenvalue weighted by atomic mass is 10.3. The average molecular weight is 170 g/mol. The van der Waals surface area contributed by atoms with E-state index in [4.69, 9.17) is 16.3 Å². The number of halogens is 1. The van der Waals surface area contributed by atoms with Crippen LogP contribution in [0.15, 0.2) is 24.9 Å². The van der Waals surface area contributed by atoms with Crippen LogP contribution in [0.5, 0.6) is 5.75 Å². The summed E-state index contributed by atoms with van der Waals surface area (Å²) in [7, 11) is 1.59. The van der Waals surface area contributed by atoms with Gasteiger partial charge in [-0.1, -0.05) is 18.2 Å². The zero-order chi connectivity index (χ0) is 8.27. The van der Waals surface area contributed by atoms with E-state index in [-0.39, 0.29) is 0 Å². The van der Waals surface area contributed by atoms with E-state index in [1.54, 1.807) is 25.4 Å². The number of pyridine rings is 1. The van der Waals surface area contributed by atoms with Crippen molar-refractivity contribution in [3.8, 4) is 5.75 Å². The van der Waals surface area contributed by atoms with E-state index in [0.29, 0.717) is 10.7 Å². The Balaban J connectivity index is 3.01. The van der Waals surface area contributed by atoms with Gasteiger partial charge in [0, 0.05) is 12.3 Å². The number of hydrogen-bond acceptors (Lipinski definition) is 2. The second kappa shape index (κ2) is 3.39. The lowest BCUT2D eigenvalue weighted by Crippen LogP contribution is -1.86. The second-order valence-corrected chi connectivity index (χ2v) is 2.44. The first-order valence-electron chi connectivity index (χ1n) is 3.09. The van der Waals surface area contributed by atoms with Crippen LogP contribution in [0.25, 0.3) is 5.03 Å². The SMILES string of the molecule is C=C(Cl)c1cc(OC)ccn1. The summed E-state index contributed by atoms with van der Waals surface area (Å²) < 4.78 is 4.97. The van der Waals surface area contributed by atoms with Crippen LogP contribution < -0.4 is 4.74 Å². The highest BCUT2D eigenvalue weighted by atomic mass is 35.5. The molecule has 1 aromatic heterocycles. The molecule has 0 spiro atoms. The van der Waals surface area contributed by atoms with Crippen LogP contribution in [-0.2, 0) is 0 Å². The summed E-state index contributed by atoms with van der Waals surface area (Å²) in [4.78, 5) is 3.98. The van der Waals surface area contributed by atoms with Crippen LogP contribution in [0.3, 0.4) is 0 Å². The average Bonchev–Trinajstić information content (AvgIpc) is 2.05. The smallest absolute Gasteiger partial charge is 0.122 e. The van der Waals surface area contributed by atoms with Gasteiger partial charge in [0.25, 0.3) is 0 Å². The van der Waals surface area contributed by atoms with Gasteiger partial charge in [-0.15, -0.1) is 0 Å². The largest absolute Gasteiger partial charge is 0.497 e. The van der Waals surface area contributed by atoms with Crippen molar-refractivity contribution in [3.05, 3.63) is 30.6 Å². The van der Waals surface area contributed by atoms with Crippen molar-refractivity contribution in [1.82, 2.24) is 4.98 Å². The van der Waals surface area contributed by atoms with E-state index >= 15 is 0 Å². The van der Waals surface area contributed by atoms with Crippen LogP contribution in [0.4, 0.5) is 0 Å². The molecule has 0 N–H and O–H groups in total. The molecule has 2 nitrogen and oxygen atoms in total. The first kappa shape index (κ1) is 8.08. The zero-order valence-corrected chi connectivity index (χ0v) is 6.93. The van der Waals surface area contributed by atoms with Crippen LogP contribution in [0.2, 0.25) is 0 Å². The van der Waals surface area contributed by atoms with Crippen molar-refractivity contribution in [1.29, 1.82) is 0 Å². The fourth-order valence-electron chi connectivity index (χ4n) is 0.686. The van der Waals surface area contributed by atoms with E-state index in [2.05, 4.69) is 11.6 Å². The van der Waals surface area contributed by atoms with Gasteiger partial charge < -0.3 is 4.74 Å². The maximum Gasteiger partial charge on any atom is 0.122 e. The Morgan fingerprint density at radius 3 is 3.00 bits per heavy atom. The van der Waals surface area contributed by atoms with Crippen LogP contribution >= 0.6 is 11.6 Å². The first-order chi connectivity index (χ1) is 5.24. The molecule has 0 amide bonds. The Morgan fingerprint density at radius 1 is 1.73 bits per heavy atom. The molecule has 11 heavy (non-hydrogen) atoms. The van der Waals surface area contributed by atoms with E-state index in [1.165, 1.54) is 0 Å². The molecular formula is C8H8ClNO. The molecule has 0 aliphatic rings. The van der Waals surface area contributed by atoms with Gasteiger partial charge in [0.05, 0.1) is 17.8 Å². The quantitative estimate of drug-likeness (QED) is 0.678. The third-order valence-electron chi connectivity index (χ3n) is 1.25. The van der Waals surface area contributed by atoms with Gasteiger partial charge in [0.2, 0.25) is 0 Å². The van der Waals surface area contributed by atoms with Crippen molar-refractivity contribution in [2.24, 2.45) is 0 Å². The highest BCUT2D eigenvalue weighted by Gasteiger charge is 1.97. The Morgan fingerprint density at radius 2 is 2.45 bits per heavy atom. The van der Waals surface area contributed by atoms with Crippen LogP contribution in [0.1, 0.15) is 5.69 Å². The lowest BCUT2D eigenvalue weighted by Gasteiger charge is -2.00. The third-order valence-corrected chi connectivity index (χ3v) is 1.44. The van der Waals surface area contributed by atoms with E-state index < -0.39 is 0 Å². The van der Waals surface area contributed by atoms with Gasteiger partial charge in [-0.05, 0) is 6.07 Å². The molecule has 0 saturated carbocycles. The molecule has 0 fully saturated rings. The first-order valence-corrected chi connectivity index (χ1v) is 3.46. The fourth-order valence-corrected chi connectivity index (χ4v) is 0.790. The molecule has 0 aliphatic carbocycles. The highest BCUT2D eigenvalue weighted by Crippen LogP contribution is 2.18. The number of rotatable bonds is 2. The van der Waals surface area contributed by atoms with Crippen molar-refractivity contribution >= 4 is 16.6 Å². The minimum Gasteiger partial charge on any atom is -0.497 e. The molecule has 3 heteroatoms. The van der Waals surface area contributed by atoms with Gasteiger partial charge in [-0.25, -0.2) is 0 Å². The molecule has 0 bridgehead atoms. The monoisotopic (exact) mass is 169 g/mol. The molecule has 0 saturated heterocycles. The highest BCUT2D eigenvalue weighted by molar-refractivity contribution is 6.48. The van der Waals surface area contributed by atoms with E-state index in [9.17, 15) is 0 Å². The maximum atomic E-state index is 5.62.